The molecule has 0 spiro atoms. The molecule has 0 radical (unpaired) electrons. The maximum absolute atomic E-state index is 12.8. The molecule has 2 saturated heterocycles. The van der Waals surface area contributed by atoms with Gasteiger partial charge in [-0.25, -0.2) is 13.2 Å². The summed E-state index contributed by atoms with van der Waals surface area (Å²) in [4.78, 5) is 25.9. The molecule has 2 aliphatic heterocycles. The molecule has 122 valence electrons. The quantitative estimate of drug-likeness (QED) is 0.663. The van der Waals surface area contributed by atoms with Gasteiger partial charge in [-0.05, 0) is 19.4 Å². The highest BCUT2D eigenvalue weighted by Crippen LogP contribution is 2.24. The summed E-state index contributed by atoms with van der Waals surface area (Å²) < 4.78 is 28.9. The largest absolute Gasteiger partial charge is 0.330 e. The second kappa shape index (κ2) is 5.32. The van der Waals surface area contributed by atoms with Crippen LogP contribution in [0.3, 0.4) is 0 Å². The second-order valence-corrected chi connectivity index (χ2v) is 7.85. The number of aryl methyl sites for hydroxylation is 1. The van der Waals surface area contributed by atoms with Crippen molar-refractivity contribution in [1.82, 2.24) is 18.3 Å². The number of rotatable bonds is 2. The van der Waals surface area contributed by atoms with Crippen LogP contribution in [-0.2, 0) is 24.1 Å². The van der Waals surface area contributed by atoms with Crippen LogP contribution in [0, 0.1) is 0 Å². The van der Waals surface area contributed by atoms with Crippen molar-refractivity contribution >= 4 is 10.0 Å². The van der Waals surface area contributed by atoms with Gasteiger partial charge in [0, 0.05) is 46.0 Å². The van der Waals surface area contributed by atoms with E-state index in [9.17, 15) is 18.0 Å². The van der Waals surface area contributed by atoms with Crippen LogP contribution in [0.5, 0.6) is 0 Å². The van der Waals surface area contributed by atoms with Gasteiger partial charge in [0.1, 0.15) is 0 Å². The van der Waals surface area contributed by atoms with E-state index in [0.29, 0.717) is 19.6 Å². The molecule has 0 aromatic carbocycles. The van der Waals surface area contributed by atoms with Crippen LogP contribution in [0.25, 0.3) is 0 Å². The predicted octanol–water partition coefficient (Wildman–Crippen LogP) is -1.45. The fraction of sp³-hybridized carbons (Fsp3) is 0.692. The zero-order valence-corrected chi connectivity index (χ0v) is 13.5. The molecular weight excluding hydrogens is 308 g/mol. The van der Waals surface area contributed by atoms with Crippen molar-refractivity contribution in [2.24, 2.45) is 14.1 Å². The van der Waals surface area contributed by atoms with Crippen LogP contribution in [-0.4, -0.2) is 59.0 Å². The zero-order chi connectivity index (χ0) is 16.1. The Balaban J connectivity index is 2.00. The summed E-state index contributed by atoms with van der Waals surface area (Å²) in [5.74, 6) is 0. The van der Waals surface area contributed by atoms with Crippen molar-refractivity contribution in [3.05, 3.63) is 27.0 Å². The lowest BCUT2D eigenvalue weighted by molar-refractivity contribution is 0.158. The number of hydrogen-bond acceptors (Lipinski definition) is 5. The average Bonchev–Trinajstić information content (AvgIpc) is 2.96. The Morgan fingerprint density at radius 3 is 2.59 bits per heavy atom. The molecule has 0 amide bonds. The van der Waals surface area contributed by atoms with E-state index in [2.05, 4.69) is 4.90 Å². The van der Waals surface area contributed by atoms with E-state index in [0.717, 1.165) is 34.7 Å². The number of hydrogen-bond donors (Lipinski definition) is 0. The van der Waals surface area contributed by atoms with Crippen LogP contribution in [0.15, 0.2) is 20.7 Å². The minimum atomic E-state index is -3.88. The van der Waals surface area contributed by atoms with E-state index in [-0.39, 0.29) is 10.9 Å². The first kappa shape index (κ1) is 15.4. The van der Waals surface area contributed by atoms with Gasteiger partial charge in [0.2, 0.25) is 10.0 Å². The van der Waals surface area contributed by atoms with Crippen molar-refractivity contribution < 1.29 is 8.42 Å². The standard InChI is InChI=1S/C13H20N4O4S/c1-14-9-11(12(18)15(2)13(14)19)22(20,21)17-7-6-16-5-3-4-10(16)8-17/h9-10H,3-8H2,1-2H3. The van der Waals surface area contributed by atoms with E-state index < -0.39 is 21.3 Å². The first-order valence-electron chi connectivity index (χ1n) is 7.33. The van der Waals surface area contributed by atoms with E-state index >= 15 is 0 Å². The van der Waals surface area contributed by atoms with Gasteiger partial charge in [0.05, 0.1) is 0 Å². The van der Waals surface area contributed by atoms with Gasteiger partial charge in [-0.1, -0.05) is 0 Å². The Hall–Kier alpha value is -1.45. The molecule has 22 heavy (non-hydrogen) atoms. The minimum absolute atomic E-state index is 0.236. The number of piperazine rings is 1. The van der Waals surface area contributed by atoms with Crippen molar-refractivity contribution in [1.29, 1.82) is 0 Å². The molecule has 8 nitrogen and oxygen atoms in total. The molecule has 9 heteroatoms. The van der Waals surface area contributed by atoms with Gasteiger partial charge in [-0.15, -0.1) is 0 Å². The fourth-order valence-electron chi connectivity index (χ4n) is 3.27. The smallest absolute Gasteiger partial charge is 0.302 e. The summed E-state index contributed by atoms with van der Waals surface area (Å²) in [6.07, 6.45) is 3.19. The highest BCUT2D eigenvalue weighted by molar-refractivity contribution is 7.89. The van der Waals surface area contributed by atoms with Gasteiger partial charge < -0.3 is 4.57 Å². The first-order valence-corrected chi connectivity index (χ1v) is 8.77. The summed E-state index contributed by atoms with van der Waals surface area (Å²) in [5.41, 5.74) is -1.30. The minimum Gasteiger partial charge on any atom is -0.302 e. The number of aromatic nitrogens is 2. The average molecular weight is 328 g/mol. The van der Waals surface area contributed by atoms with E-state index in [1.54, 1.807) is 0 Å². The SMILES string of the molecule is Cn1cc(S(=O)(=O)N2CCN3CCCC3C2)c(=O)n(C)c1=O. The Morgan fingerprint density at radius 1 is 1.14 bits per heavy atom. The third-order valence-electron chi connectivity index (χ3n) is 4.58. The van der Waals surface area contributed by atoms with Crippen LogP contribution in [0.1, 0.15) is 12.8 Å². The van der Waals surface area contributed by atoms with Crippen LogP contribution >= 0.6 is 0 Å². The Labute approximate surface area is 128 Å². The molecule has 3 heterocycles. The molecule has 0 N–H and O–H groups in total. The van der Waals surface area contributed by atoms with Gasteiger partial charge in [-0.2, -0.15) is 4.31 Å². The maximum atomic E-state index is 12.8. The second-order valence-electron chi connectivity index (χ2n) is 5.95. The molecule has 1 aromatic heterocycles. The predicted molar refractivity (Wildman–Crippen MR) is 80.3 cm³/mol. The molecule has 0 aliphatic carbocycles. The molecule has 1 aromatic rings. The van der Waals surface area contributed by atoms with E-state index in [1.807, 2.05) is 0 Å². The lowest BCUT2D eigenvalue weighted by atomic mass is 10.2. The van der Waals surface area contributed by atoms with Crippen LogP contribution in [0.4, 0.5) is 0 Å². The van der Waals surface area contributed by atoms with Crippen LogP contribution < -0.4 is 11.2 Å². The monoisotopic (exact) mass is 328 g/mol. The van der Waals surface area contributed by atoms with Crippen molar-refractivity contribution in [3.8, 4) is 0 Å². The summed E-state index contributed by atoms with van der Waals surface area (Å²) in [6.45, 7) is 2.50. The van der Waals surface area contributed by atoms with Crippen molar-refractivity contribution in [3.63, 3.8) is 0 Å². The fourth-order valence-corrected chi connectivity index (χ4v) is 4.89. The van der Waals surface area contributed by atoms with E-state index in [4.69, 9.17) is 0 Å². The first-order chi connectivity index (χ1) is 10.3. The lowest BCUT2D eigenvalue weighted by Gasteiger charge is -2.36. The molecule has 2 fully saturated rings. The molecule has 0 saturated carbocycles. The van der Waals surface area contributed by atoms with Crippen molar-refractivity contribution in [2.45, 2.75) is 23.8 Å². The number of nitrogens with zero attached hydrogens (tertiary/aromatic N) is 4. The molecule has 1 unspecified atom stereocenters. The maximum Gasteiger partial charge on any atom is 0.330 e. The number of sulfonamides is 1. The molecule has 1 atom stereocenters. The third kappa shape index (κ3) is 2.33. The Morgan fingerprint density at radius 2 is 1.86 bits per heavy atom. The zero-order valence-electron chi connectivity index (χ0n) is 12.7. The summed E-state index contributed by atoms with van der Waals surface area (Å²) >= 11 is 0. The van der Waals surface area contributed by atoms with E-state index in [1.165, 1.54) is 18.4 Å². The topological polar surface area (TPSA) is 84.6 Å². The lowest BCUT2D eigenvalue weighted by Crippen LogP contribution is -2.53. The van der Waals surface area contributed by atoms with Gasteiger partial charge in [0.25, 0.3) is 5.56 Å². The third-order valence-corrected chi connectivity index (χ3v) is 6.43. The summed E-state index contributed by atoms with van der Waals surface area (Å²) in [5, 5.41) is 0. The highest BCUT2D eigenvalue weighted by Gasteiger charge is 2.37. The Bertz CT molecular complexity index is 810. The molecule has 0 bridgehead atoms. The highest BCUT2D eigenvalue weighted by atomic mass is 32.2. The molecular formula is C13H20N4O4S. The van der Waals surface area contributed by atoms with Gasteiger partial charge in [0.15, 0.2) is 4.90 Å². The van der Waals surface area contributed by atoms with Gasteiger partial charge in [-0.3, -0.25) is 14.3 Å². The number of fused-ring (bicyclic) bond motifs is 1. The summed E-state index contributed by atoms with van der Waals surface area (Å²) in [6, 6.07) is 0.236. The summed E-state index contributed by atoms with van der Waals surface area (Å²) in [7, 11) is -1.15. The molecule has 2 aliphatic rings. The normalized spacial score (nSPS) is 23.6. The van der Waals surface area contributed by atoms with Crippen molar-refractivity contribution in [2.75, 3.05) is 26.2 Å². The van der Waals surface area contributed by atoms with Crippen LogP contribution in [0.2, 0.25) is 0 Å². The van der Waals surface area contributed by atoms with Gasteiger partial charge >= 0.3 is 5.69 Å². The Kier molecular flexibility index (Phi) is 3.74. The molecule has 3 rings (SSSR count).